The van der Waals surface area contributed by atoms with Gasteiger partial charge in [-0.2, -0.15) is 0 Å². The number of halogens is 2. The first-order valence-electron chi connectivity index (χ1n) is 10.4. The second-order valence-electron chi connectivity index (χ2n) is 7.59. The Balaban J connectivity index is 1.45. The minimum atomic E-state index is -0.382. The first kappa shape index (κ1) is 20.6. The molecule has 0 bridgehead atoms. The van der Waals surface area contributed by atoms with Crippen LogP contribution in [0, 0.1) is 5.82 Å². The van der Waals surface area contributed by atoms with E-state index in [9.17, 15) is 4.39 Å². The van der Waals surface area contributed by atoms with Crippen LogP contribution in [0.1, 0.15) is 17.5 Å². The lowest BCUT2D eigenvalue weighted by atomic mass is 10.0. The van der Waals surface area contributed by atoms with E-state index in [1.807, 2.05) is 48.5 Å². The molecule has 0 spiro atoms. The van der Waals surface area contributed by atoms with Crippen molar-refractivity contribution < 1.29 is 8.81 Å². The van der Waals surface area contributed by atoms with E-state index in [4.69, 9.17) is 16.0 Å². The van der Waals surface area contributed by atoms with E-state index in [0.717, 1.165) is 43.1 Å². The van der Waals surface area contributed by atoms with Gasteiger partial charge in [-0.05, 0) is 42.0 Å². The van der Waals surface area contributed by atoms with Gasteiger partial charge < -0.3 is 9.32 Å². The monoisotopic (exact) mass is 449 g/mol. The number of hydrogen-bond donors (Lipinski definition) is 0. The third-order valence-electron chi connectivity index (χ3n) is 5.61. The molecule has 0 radical (unpaired) electrons. The normalized spacial score (nSPS) is 15.6. The van der Waals surface area contributed by atoms with Crippen molar-refractivity contribution in [2.75, 3.05) is 31.1 Å². The fraction of sp³-hybridized carbons (Fsp3) is 0.208. The molecule has 1 fully saturated rings. The lowest BCUT2D eigenvalue weighted by Gasteiger charge is -2.38. The average Bonchev–Trinajstić information content (AvgIpc) is 3.32. The number of pyridine rings is 1. The Labute approximate surface area is 190 Å². The second-order valence-corrected chi connectivity index (χ2v) is 8.00. The fourth-order valence-corrected chi connectivity index (χ4v) is 4.27. The summed E-state index contributed by atoms with van der Waals surface area (Å²) in [4.78, 5) is 8.93. The summed E-state index contributed by atoms with van der Waals surface area (Å²) in [6.45, 7) is 3.04. The summed E-state index contributed by atoms with van der Waals surface area (Å²) < 4.78 is 19.9. The summed E-state index contributed by atoms with van der Waals surface area (Å²) in [6.07, 6.45) is 1.80. The zero-order valence-corrected chi connectivity index (χ0v) is 18.0. The van der Waals surface area contributed by atoms with Crippen molar-refractivity contribution in [2.45, 2.75) is 6.04 Å². The van der Waals surface area contributed by atoms with Crippen LogP contribution in [0.5, 0.6) is 0 Å². The van der Waals surface area contributed by atoms with Gasteiger partial charge in [0.05, 0.1) is 0 Å². The van der Waals surface area contributed by atoms with Crippen LogP contribution in [-0.2, 0) is 0 Å². The van der Waals surface area contributed by atoms with Crippen molar-refractivity contribution in [2.24, 2.45) is 0 Å². The zero-order chi connectivity index (χ0) is 21.9. The Bertz CT molecular complexity index is 1180. The highest BCUT2D eigenvalue weighted by atomic mass is 35.5. The Kier molecular flexibility index (Phi) is 5.83. The van der Waals surface area contributed by atoms with Gasteiger partial charge in [0.25, 0.3) is 0 Å². The quantitative estimate of drug-likeness (QED) is 0.434. The number of anilines is 1. The van der Waals surface area contributed by atoms with Crippen molar-refractivity contribution in [3.63, 3.8) is 0 Å². The number of nitrogens with zero attached hydrogens (tertiary/aromatic N) is 5. The third kappa shape index (κ3) is 4.22. The Morgan fingerprint density at radius 1 is 0.906 bits per heavy atom. The predicted molar refractivity (Wildman–Crippen MR) is 121 cm³/mol. The van der Waals surface area contributed by atoms with E-state index >= 15 is 0 Å². The van der Waals surface area contributed by atoms with Crippen LogP contribution in [0.2, 0.25) is 5.02 Å². The molecule has 0 saturated carbocycles. The summed E-state index contributed by atoms with van der Waals surface area (Å²) >= 11 is 6.46. The lowest BCUT2D eigenvalue weighted by Crippen LogP contribution is -2.48. The second kappa shape index (κ2) is 9.06. The fourth-order valence-electron chi connectivity index (χ4n) is 4.00. The molecule has 1 aliphatic rings. The van der Waals surface area contributed by atoms with Crippen LogP contribution in [0.3, 0.4) is 0 Å². The molecule has 5 rings (SSSR count). The van der Waals surface area contributed by atoms with Crippen molar-refractivity contribution in [3.8, 4) is 11.5 Å². The maximum atomic E-state index is 13.8. The SMILES string of the molecule is Fc1ccc([C@@H](c2nnc(-c3ccccc3)o2)N2CCN(c3ccccn3)CC2)c(Cl)c1. The van der Waals surface area contributed by atoms with Crippen LogP contribution >= 0.6 is 11.6 Å². The number of piperazine rings is 1. The minimum Gasteiger partial charge on any atom is -0.419 e. The predicted octanol–water partition coefficient (Wildman–Crippen LogP) is 4.84. The van der Waals surface area contributed by atoms with Gasteiger partial charge in [-0.25, -0.2) is 9.37 Å². The van der Waals surface area contributed by atoms with E-state index in [1.54, 1.807) is 12.3 Å². The summed E-state index contributed by atoms with van der Waals surface area (Å²) in [5, 5.41) is 8.94. The summed E-state index contributed by atoms with van der Waals surface area (Å²) in [5.74, 6) is 1.44. The molecule has 1 atom stereocenters. The van der Waals surface area contributed by atoms with Crippen molar-refractivity contribution in [1.29, 1.82) is 0 Å². The molecule has 4 aromatic rings. The molecule has 0 N–H and O–H groups in total. The number of aromatic nitrogens is 3. The molecule has 3 heterocycles. The molecular formula is C24H21ClFN5O. The molecule has 0 unspecified atom stereocenters. The highest BCUT2D eigenvalue weighted by molar-refractivity contribution is 6.31. The standard InChI is InChI=1S/C24H21ClFN5O/c25-20-16-18(26)9-10-19(20)22(24-29-28-23(32-24)17-6-2-1-3-7-17)31-14-12-30(13-15-31)21-8-4-5-11-27-21/h1-11,16,22H,12-15H2/t22-/m0/s1. The van der Waals surface area contributed by atoms with E-state index in [0.29, 0.717) is 16.8 Å². The largest absolute Gasteiger partial charge is 0.419 e. The van der Waals surface area contributed by atoms with Gasteiger partial charge in [0.2, 0.25) is 11.8 Å². The molecule has 6 nitrogen and oxygen atoms in total. The van der Waals surface area contributed by atoms with Gasteiger partial charge in [0.15, 0.2) is 0 Å². The van der Waals surface area contributed by atoms with Gasteiger partial charge in [-0.15, -0.1) is 10.2 Å². The van der Waals surface area contributed by atoms with Crippen LogP contribution in [0.4, 0.5) is 10.2 Å². The highest BCUT2D eigenvalue weighted by Gasteiger charge is 2.32. The van der Waals surface area contributed by atoms with Crippen molar-refractivity contribution in [3.05, 3.63) is 95.2 Å². The summed E-state index contributed by atoms with van der Waals surface area (Å²) in [6, 6.07) is 19.6. The zero-order valence-electron chi connectivity index (χ0n) is 17.2. The maximum Gasteiger partial charge on any atom is 0.247 e. The van der Waals surface area contributed by atoms with E-state index < -0.39 is 0 Å². The third-order valence-corrected chi connectivity index (χ3v) is 5.93. The molecule has 1 aliphatic heterocycles. The molecule has 162 valence electrons. The van der Waals surface area contributed by atoms with Crippen LogP contribution < -0.4 is 4.90 Å². The number of rotatable bonds is 5. The average molecular weight is 450 g/mol. The van der Waals surface area contributed by atoms with Gasteiger partial charge in [0.1, 0.15) is 17.7 Å². The Morgan fingerprint density at radius 3 is 2.41 bits per heavy atom. The molecule has 1 saturated heterocycles. The van der Waals surface area contributed by atoms with Crippen LogP contribution in [0.25, 0.3) is 11.5 Å². The van der Waals surface area contributed by atoms with Gasteiger partial charge in [-0.3, -0.25) is 4.90 Å². The molecule has 8 heteroatoms. The topological polar surface area (TPSA) is 58.3 Å². The van der Waals surface area contributed by atoms with Crippen molar-refractivity contribution in [1.82, 2.24) is 20.1 Å². The first-order valence-corrected chi connectivity index (χ1v) is 10.8. The summed E-state index contributed by atoms with van der Waals surface area (Å²) in [7, 11) is 0. The van der Waals surface area contributed by atoms with E-state index in [2.05, 4.69) is 25.0 Å². The number of hydrogen-bond acceptors (Lipinski definition) is 6. The smallest absolute Gasteiger partial charge is 0.247 e. The first-order chi connectivity index (χ1) is 15.7. The lowest BCUT2D eigenvalue weighted by molar-refractivity contribution is 0.187. The number of benzene rings is 2. The van der Waals surface area contributed by atoms with Crippen LogP contribution in [0.15, 0.2) is 77.3 Å². The van der Waals surface area contributed by atoms with Gasteiger partial charge in [0, 0.05) is 43.0 Å². The highest BCUT2D eigenvalue weighted by Crippen LogP contribution is 2.35. The van der Waals surface area contributed by atoms with Crippen LogP contribution in [-0.4, -0.2) is 46.3 Å². The Morgan fingerprint density at radius 2 is 1.69 bits per heavy atom. The molecule has 2 aromatic heterocycles. The maximum absolute atomic E-state index is 13.8. The Hall–Kier alpha value is -3.29. The molecule has 32 heavy (non-hydrogen) atoms. The van der Waals surface area contributed by atoms with E-state index in [-0.39, 0.29) is 11.9 Å². The summed E-state index contributed by atoms with van der Waals surface area (Å²) in [5.41, 5.74) is 1.58. The molecule has 2 aromatic carbocycles. The molecule has 0 amide bonds. The van der Waals surface area contributed by atoms with Crippen molar-refractivity contribution >= 4 is 17.4 Å². The minimum absolute atomic E-state index is 0.335. The van der Waals surface area contributed by atoms with E-state index in [1.165, 1.54) is 12.1 Å². The van der Waals surface area contributed by atoms with Gasteiger partial charge in [-0.1, -0.05) is 41.9 Å². The molecule has 0 aliphatic carbocycles. The molecular weight excluding hydrogens is 429 g/mol. The van der Waals surface area contributed by atoms with Gasteiger partial charge >= 0.3 is 0 Å².